The van der Waals surface area contributed by atoms with Gasteiger partial charge < -0.3 is 10.0 Å². The van der Waals surface area contributed by atoms with E-state index in [9.17, 15) is 9.59 Å². The minimum atomic E-state index is -0.914. The predicted molar refractivity (Wildman–Crippen MR) is 68.0 cm³/mol. The molecule has 98 valence electrons. The fraction of sp³-hybridized carbons (Fsp3) is 0.545. The molecule has 0 aliphatic heterocycles. The maximum absolute atomic E-state index is 11.7. The molecule has 18 heavy (non-hydrogen) atoms. The third-order valence-electron chi connectivity index (χ3n) is 2.82. The number of nitrogens with one attached hydrogen (secondary N) is 1. The summed E-state index contributed by atoms with van der Waals surface area (Å²) < 4.78 is 0. The minimum absolute atomic E-state index is 0.0573. The average molecular weight is 269 g/mol. The van der Waals surface area contributed by atoms with Crippen LogP contribution in [-0.4, -0.2) is 40.6 Å². The van der Waals surface area contributed by atoms with Gasteiger partial charge >= 0.3 is 12.0 Å². The molecule has 0 saturated heterocycles. The van der Waals surface area contributed by atoms with Crippen molar-refractivity contribution in [3.8, 4) is 0 Å². The molecule has 2 amide bonds. The Morgan fingerprint density at radius 3 is 2.94 bits per heavy atom. The molecule has 1 aliphatic rings. The lowest BCUT2D eigenvalue weighted by atomic mass is 10.4. The molecule has 1 heterocycles. The van der Waals surface area contributed by atoms with E-state index in [0.29, 0.717) is 5.13 Å². The Kier molecular flexibility index (Phi) is 3.81. The van der Waals surface area contributed by atoms with Crippen molar-refractivity contribution in [1.82, 2.24) is 9.88 Å². The van der Waals surface area contributed by atoms with Gasteiger partial charge in [0.2, 0.25) is 0 Å². The number of rotatable bonds is 4. The Labute approximate surface area is 109 Å². The average Bonchev–Trinajstić information content (AvgIpc) is 2.85. The first-order chi connectivity index (χ1) is 8.56. The van der Waals surface area contributed by atoms with E-state index in [4.69, 9.17) is 5.11 Å². The third-order valence-corrected chi connectivity index (χ3v) is 3.89. The molecule has 0 bridgehead atoms. The molecule has 0 saturated carbocycles. The van der Waals surface area contributed by atoms with E-state index in [-0.39, 0.29) is 19.0 Å². The molecule has 1 aliphatic carbocycles. The van der Waals surface area contributed by atoms with Crippen molar-refractivity contribution >= 4 is 28.5 Å². The third kappa shape index (κ3) is 2.98. The maximum Gasteiger partial charge on any atom is 0.323 e. The predicted octanol–water partition coefficient (Wildman–Crippen LogP) is 1.57. The van der Waals surface area contributed by atoms with Gasteiger partial charge in [0.05, 0.1) is 12.1 Å². The Hall–Kier alpha value is -1.63. The molecule has 2 N–H and O–H groups in total. The van der Waals surface area contributed by atoms with Crippen LogP contribution in [-0.2, 0) is 17.6 Å². The first kappa shape index (κ1) is 12.8. The molecule has 0 aromatic carbocycles. The molecule has 0 fully saturated rings. The number of aliphatic carboxylic acids is 1. The van der Waals surface area contributed by atoms with Gasteiger partial charge in [0.1, 0.15) is 0 Å². The second-order valence-electron chi connectivity index (χ2n) is 4.24. The number of fused-ring (bicyclic) bond motifs is 1. The highest BCUT2D eigenvalue weighted by Gasteiger charge is 2.18. The number of carboxylic acids is 1. The van der Waals surface area contributed by atoms with Crippen LogP contribution in [0, 0.1) is 0 Å². The topological polar surface area (TPSA) is 82.5 Å². The largest absolute Gasteiger partial charge is 0.481 e. The minimum Gasteiger partial charge on any atom is -0.481 e. The number of anilines is 1. The normalized spacial score (nSPS) is 13.2. The summed E-state index contributed by atoms with van der Waals surface area (Å²) in [4.78, 5) is 29.1. The lowest BCUT2D eigenvalue weighted by Crippen LogP contribution is -2.33. The van der Waals surface area contributed by atoms with Crippen LogP contribution in [0.25, 0.3) is 0 Å². The molecule has 0 atom stereocenters. The summed E-state index contributed by atoms with van der Waals surface area (Å²) >= 11 is 1.51. The van der Waals surface area contributed by atoms with E-state index in [1.165, 1.54) is 21.1 Å². The van der Waals surface area contributed by atoms with E-state index in [0.717, 1.165) is 25.0 Å². The summed E-state index contributed by atoms with van der Waals surface area (Å²) in [6.07, 6.45) is 3.10. The van der Waals surface area contributed by atoms with Crippen LogP contribution < -0.4 is 5.32 Å². The number of amides is 2. The van der Waals surface area contributed by atoms with Crippen LogP contribution in [0.4, 0.5) is 9.93 Å². The number of thiazole rings is 1. The van der Waals surface area contributed by atoms with Gasteiger partial charge in [-0.3, -0.25) is 10.1 Å². The number of carbonyl (C=O) groups is 2. The van der Waals surface area contributed by atoms with Crippen LogP contribution in [0.3, 0.4) is 0 Å². The van der Waals surface area contributed by atoms with Gasteiger partial charge in [-0.1, -0.05) is 0 Å². The molecule has 6 nitrogen and oxygen atoms in total. The number of nitrogens with zero attached hydrogens (tertiary/aromatic N) is 2. The Morgan fingerprint density at radius 1 is 1.50 bits per heavy atom. The number of carboxylic acid groups (broad SMARTS) is 1. The number of hydrogen-bond acceptors (Lipinski definition) is 4. The van der Waals surface area contributed by atoms with Crippen molar-refractivity contribution in [2.75, 3.05) is 18.9 Å². The Morgan fingerprint density at radius 2 is 2.28 bits per heavy atom. The lowest BCUT2D eigenvalue weighted by molar-refractivity contribution is -0.137. The fourth-order valence-electron chi connectivity index (χ4n) is 1.80. The summed E-state index contributed by atoms with van der Waals surface area (Å²) in [7, 11) is 1.57. The monoisotopic (exact) mass is 269 g/mol. The maximum atomic E-state index is 11.7. The summed E-state index contributed by atoms with van der Waals surface area (Å²) in [5.41, 5.74) is 1.09. The summed E-state index contributed by atoms with van der Waals surface area (Å²) in [6.45, 7) is 0.187. The Bertz CT molecular complexity index is 451. The zero-order chi connectivity index (χ0) is 13.1. The number of carbonyl (C=O) groups excluding carboxylic acids is 1. The lowest BCUT2D eigenvalue weighted by Gasteiger charge is -2.15. The molecular weight excluding hydrogens is 254 g/mol. The van der Waals surface area contributed by atoms with Gasteiger partial charge in [-0.15, -0.1) is 11.3 Å². The number of aromatic nitrogens is 1. The van der Waals surface area contributed by atoms with E-state index >= 15 is 0 Å². The molecule has 1 aromatic heterocycles. The zero-order valence-corrected chi connectivity index (χ0v) is 10.9. The molecule has 0 radical (unpaired) electrons. The van der Waals surface area contributed by atoms with Gasteiger partial charge in [0, 0.05) is 18.5 Å². The van der Waals surface area contributed by atoms with Crippen molar-refractivity contribution in [1.29, 1.82) is 0 Å². The summed E-state index contributed by atoms with van der Waals surface area (Å²) in [5.74, 6) is -0.914. The number of urea groups is 1. The standard InChI is InChI=1S/C11H15N3O3S/c1-14(6-5-9(15)16)11(17)13-10-12-7-3-2-4-8(7)18-10/h2-6H2,1H3,(H,15,16)(H,12,13,17). The zero-order valence-electron chi connectivity index (χ0n) is 10.1. The highest BCUT2D eigenvalue weighted by atomic mass is 32.1. The van der Waals surface area contributed by atoms with Gasteiger partial charge in [0.15, 0.2) is 5.13 Å². The van der Waals surface area contributed by atoms with Crippen molar-refractivity contribution < 1.29 is 14.7 Å². The second kappa shape index (κ2) is 5.34. The molecular formula is C11H15N3O3S. The van der Waals surface area contributed by atoms with Crippen LogP contribution >= 0.6 is 11.3 Å². The SMILES string of the molecule is CN(CCC(=O)O)C(=O)Nc1nc2c(s1)CCC2. The van der Waals surface area contributed by atoms with Crippen LogP contribution in [0.2, 0.25) is 0 Å². The van der Waals surface area contributed by atoms with Crippen LogP contribution in [0.1, 0.15) is 23.4 Å². The smallest absolute Gasteiger partial charge is 0.323 e. The Balaban J connectivity index is 1.88. The van der Waals surface area contributed by atoms with Crippen molar-refractivity contribution in [3.63, 3.8) is 0 Å². The first-order valence-corrected chi connectivity index (χ1v) is 6.60. The van der Waals surface area contributed by atoms with Crippen LogP contribution in [0.5, 0.6) is 0 Å². The highest BCUT2D eigenvalue weighted by Crippen LogP contribution is 2.30. The van der Waals surface area contributed by atoms with Crippen molar-refractivity contribution in [2.45, 2.75) is 25.7 Å². The first-order valence-electron chi connectivity index (χ1n) is 5.79. The molecule has 7 heteroatoms. The molecule has 0 spiro atoms. The van der Waals surface area contributed by atoms with Gasteiger partial charge in [-0.05, 0) is 19.3 Å². The number of aryl methyl sites for hydroxylation is 2. The van der Waals surface area contributed by atoms with Gasteiger partial charge in [-0.25, -0.2) is 9.78 Å². The van der Waals surface area contributed by atoms with E-state index in [2.05, 4.69) is 10.3 Å². The molecule has 2 rings (SSSR count). The van der Waals surface area contributed by atoms with Crippen molar-refractivity contribution in [3.05, 3.63) is 10.6 Å². The highest BCUT2D eigenvalue weighted by molar-refractivity contribution is 7.15. The van der Waals surface area contributed by atoms with Crippen molar-refractivity contribution in [2.24, 2.45) is 0 Å². The second-order valence-corrected chi connectivity index (χ2v) is 5.32. The summed E-state index contributed by atoms with van der Waals surface area (Å²) in [5, 5.41) is 11.8. The van der Waals surface area contributed by atoms with E-state index in [1.54, 1.807) is 7.05 Å². The summed E-state index contributed by atoms with van der Waals surface area (Å²) in [6, 6.07) is -0.316. The van der Waals surface area contributed by atoms with E-state index in [1.807, 2.05) is 0 Å². The fourth-order valence-corrected chi connectivity index (χ4v) is 2.84. The molecule has 0 unspecified atom stereocenters. The quantitative estimate of drug-likeness (QED) is 0.869. The molecule has 1 aromatic rings. The van der Waals surface area contributed by atoms with Gasteiger partial charge in [-0.2, -0.15) is 0 Å². The number of hydrogen-bond donors (Lipinski definition) is 2. The van der Waals surface area contributed by atoms with Gasteiger partial charge in [0.25, 0.3) is 0 Å². The van der Waals surface area contributed by atoms with Crippen LogP contribution in [0.15, 0.2) is 0 Å². The van der Waals surface area contributed by atoms with E-state index < -0.39 is 5.97 Å².